The van der Waals surface area contributed by atoms with Crippen molar-refractivity contribution in [3.8, 4) is 11.4 Å². The summed E-state index contributed by atoms with van der Waals surface area (Å²) in [6, 6.07) is 4.80. The Labute approximate surface area is 154 Å². The molecule has 1 aromatic heterocycles. The van der Waals surface area contributed by atoms with E-state index < -0.39 is 11.7 Å². The summed E-state index contributed by atoms with van der Waals surface area (Å²) in [4.78, 5) is 18.1. The van der Waals surface area contributed by atoms with Crippen molar-refractivity contribution in [2.75, 3.05) is 19.7 Å². The SMILES string of the molecule is CCOC(=O)C1CCCN(Cc2nc(-c3cccc(C(F)(F)F)c3)no2)C1. The summed E-state index contributed by atoms with van der Waals surface area (Å²) in [6.07, 6.45) is -2.81. The van der Waals surface area contributed by atoms with Gasteiger partial charge in [0.05, 0.1) is 24.6 Å². The second-order valence-corrected chi connectivity index (χ2v) is 6.42. The van der Waals surface area contributed by atoms with Gasteiger partial charge in [0.2, 0.25) is 11.7 Å². The lowest BCUT2D eigenvalue weighted by atomic mass is 9.98. The van der Waals surface area contributed by atoms with Crippen molar-refractivity contribution in [1.29, 1.82) is 0 Å². The Hall–Kier alpha value is -2.42. The smallest absolute Gasteiger partial charge is 0.416 e. The fourth-order valence-corrected chi connectivity index (χ4v) is 3.11. The molecule has 0 aliphatic carbocycles. The van der Waals surface area contributed by atoms with E-state index >= 15 is 0 Å². The number of likely N-dealkylation sites (tertiary alicyclic amines) is 1. The average molecular weight is 383 g/mol. The highest BCUT2D eigenvalue weighted by Gasteiger charge is 2.31. The van der Waals surface area contributed by atoms with Crippen LogP contribution in [0, 0.1) is 5.92 Å². The number of esters is 1. The predicted octanol–water partition coefficient (Wildman–Crippen LogP) is 3.53. The number of aromatic nitrogens is 2. The van der Waals surface area contributed by atoms with Crippen LogP contribution < -0.4 is 0 Å². The van der Waals surface area contributed by atoms with E-state index in [-0.39, 0.29) is 23.3 Å². The van der Waals surface area contributed by atoms with Crippen molar-refractivity contribution < 1.29 is 27.2 Å². The van der Waals surface area contributed by atoms with Crippen LogP contribution in [0.15, 0.2) is 28.8 Å². The predicted molar refractivity (Wildman–Crippen MR) is 89.4 cm³/mol. The minimum Gasteiger partial charge on any atom is -0.466 e. The molecule has 2 heterocycles. The fraction of sp³-hybridized carbons (Fsp3) is 0.500. The van der Waals surface area contributed by atoms with Gasteiger partial charge in [0.25, 0.3) is 0 Å². The molecule has 1 saturated heterocycles. The molecule has 0 saturated carbocycles. The summed E-state index contributed by atoms with van der Waals surface area (Å²) < 4.78 is 48.8. The Balaban J connectivity index is 1.67. The number of alkyl halides is 3. The molecule has 1 aliphatic rings. The van der Waals surface area contributed by atoms with Crippen LogP contribution in [0.3, 0.4) is 0 Å². The minimum atomic E-state index is -4.43. The van der Waals surface area contributed by atoms with Crippen LogP contribution in [0.5, 0.6) is 0 Å². The Morgan fingerprint density at radius 3 is 2.96 bits per heavy atom. The van der Waals surface area contributed by atoms with Gasteiger partial charge >= 0.3 is 12.1 Å². The van der Waals surface area contributed by atoms with Crippen LogP contribution in [-0.4, -0.2) is 40.7 Å². The largest absolute Gasteiger partial charge is 0.466 e. The number of hydrogen-bond acceptors (Lipinski definition) is 6. The number of hydrogen-bond donors (Lipinski definition) is 0. The zero-order valence-electron chi connectivity index (χ0n) is 14.8. The molecule has 1 unspecified atom stereocenters. The normalized spacial score (nSPS) is 18.4. The molecule has 0 radical (unpaired) electrons. The number of benzene rings is 1. The van der Waals surface area contributed by atoms with E-state index in [2.05, 4.69) is 10.1 Å². The van der Waals surface area contributed by atoms with Gasteiger partial charge in [0.1, 0.15) is 0 Å². The Morgan fingerprint density at radius 1 is 1.41 bits per heavy atom. The first-order chi connectivity index (χ1) is 12.9. The Morgan fingerprint density at radius 2 is 2.22 bits per heavy atom. The summed E-state index contributed by atoms with van der Waals surface area (Å²) in [7, 11) is 0. The third kappa shape index (κ3) is 4.85. The van der Waals surface area contributed by atoms with E-state index in [4.69, 9.17) is 9.26 Å². The number of ether oxygens (including phenoxy) is 1. The number of carbonyl (C=O) groups excluding carboxylic acids is 1. The summed E-state index contributed by atoms with van der Waals surface area (Å²) >= 11 is 0. The van der Waals surface area contributed by atoms with Gasteiger partial charge < -0.3 is 9.26 Å². The standard InChI is InChI=1S/C18H20F3N3O3/c1-2-26-17(25)13-6-4-8-24(10-13)11-15-22-16(23-27-15)12-5-3-7-14(9-12)18(19,20)21/h3,5,7,9,13H,2,4,6,8,10-11H2,1H3. The molecule has 6 nitrogen and oxygen atoms in total. The molecule has 0 amide bonds. The van der Waals surface area contributed by atoms with Crippen molar-refractivity contribution in [3.63, 3.8) is 0 Å². The third-order valence-electron chi connectivity index (χ3n) is 4.40. The van der Waals surface area contributed by atoms with Gasteiger partial charge in [0, 0.05) is 12.1 Å². The molecule has 0 bridgehead atoms. The molecule has 1 aliphatic heterocycles. The van der Waals surface area contributed by atoms with Gasteiger partial charge in [0.15, 0.2) is 0 Å². The number of piperidine rings is 1. The van der Waals surface area contributed by atoms with Gasteiger partial charge in [-0.15, -0.1) is 0 Å². The van der Waals surface area contributed by atoms with Gasteiger partial charge in [-0.1, -0.05) is 17.3 Å². The summed E-state index contributed by atoms with van der Waals surface area (Å²) in [5.74, 6) is 0.00363. The lowest BCUT2D eigenvalue weighted by molar-refractivity contribution is -0.150. The first-order valence-corrected chi connectivity index (χ1v) is 8.76. The van der Waals surface area contributed by atoms with Crippen molar-refractivity contribution in [2.45, 2.75) is 32.5 Å². The second kappa shape index (κ2) is 8.08. The quantitative estimate of drug-likeness (QED) is 0.736. The molecule has 1 aromatic carbocycles. The summed E-state index contributed by atoms with van der Waals surface area (Å²) in [6.45, 7) is 3.75. The fourth-order valence-electron chi connectivity index (χ4n) is 3.11. The zero-order chi connectivity index (χ0) is 19.4. The van der Waals surface area contributed by atoms with E-state index in [1.807, 2.05) is 4.90 Å². The average Bonchev–Trinajstić information content (AvgIpc) is 3.10. The maximum absolute atomic E-state index is 12.8. The van der Waals surface area contributed by atoms with Gasteiger partial charge in [-0.05, 0) is 38.4 Å². The first kappa shape index (κ1) is 19.3. The van der Waals surface area contributed by atoms with Crippen LogP contribution in [0.1, 0.15) is 31.2 Å². The number of halogens is 3. The van der Waals surface area contributed by atoms with E-state index in [1.165, 1.54) is 12.1 Å². The molecular formula is C18H20F3N3O3. The molecule has 27 heavy (non-hydrogen) atoms. The van der Waals surface area contributed by atoms with Crippen molar-refractivity contribution in [1.82, 2.24) is 15.0 Å². The molecule has 146 valence electrons. The highest BCUT2D eigenvalue weighted by molar-refractivity contribution is 5.72. The molecule has 9 heteroatoms. The highest BCUT2D eigenvalue weighted by Crippen LogP contribution is 2.31. The van der Waals surface area contributed by atoms with Crippen LogP contribution in [-0.2, 0) is 22.3 Å². The van der Waals surface area contributed by atoms with E-state index in [0.717, 1.165) is 31.5 Å². The van der Waals surface area contributed by atoms with Crippen molar-refractivity contribution in [2.24, 2.45) is 5.92 Å². The lowest BCUT2D eigenvalue weighted by Gasteiger charge is -2.30. The Bertz CT molecular complexity index is 791. The number of rotatable bonds is 5. The molecule has 1 atom stereocenters. The van der Waals surface area contributed by atoms with Gasteiger partial charge in [-0.3, -0.25) is 9.69 Å². The van der Waals surface area contributed by atoms with Gasteiger partial charge in [-0.2, -0.15) is 18.2 Å². The van der Waals surface area contributed by atoms with Gasteiger partial charge in [-0.25, -0.2) is 0 Å². The lowest BCUT2D eigenvalue weighted by Crippen LogP contribution is -2.39. The molecule has 3 rings (SSSR count). The maximum atomic E-state index is 12.8. The molecular weight excluding hydrogens is 363 g/mol. The van der Waals surface area contributed by atoms with Crippen LogP contribution >= 0.6 is 0 Å². The Kier molecular flexibility index (Phi) is 5.79. The van der Waals surface area contributed by atoms with Crippen molar-refractivity contribution in [3.05, 3.63) is 35.7 Å². The molecule has 1 fully saturated rings. The van der Waals surface area contributed by atoms with E-state index in [9.17, 15) is 18.0 Å². The maximum Gasteiger partial charge on any atom is 0.416 e. The number of carbonyl (C=O) groups is 1. The second-order valence-electron chi connectivity index (χ2n) is 6.42. The zero-order valence-corrected chi connectivity index (χ0v) is 14.8. The topological polar surface area (TPSA) is 68.5 Å². The third-order valence-corrected chi connectivity index (χ3v) is 4.40. The highest BCUT2D eigenvalue weighted by atomic mass is 19.4. The molecule has 0 spiro atoms. The van der Waals surface area contributed by atoms with Crippen molar-refractivity contribution >= 4 is 5.97 Å². The van der Waals surface area contributed by atoms with Crippen LogP contribution in [0.2, 0.25) is 0 Å². The summed E-state index contributed by atoms with van der Waals surface area (Å²) in [5, 5.41) is 3.79. The van der Waals surface area contributed by atoms with E-state index in [1.54, 1.807) is 6.92 Å². The van der Waals surface area contributed by atoms with E-state index in [0.29, 0.717) is 25.6 Å². The monoisotopic (exact) mass is 383 g/mol. The summed E-state index contributed by atoms with van der Waals surface area (Å²) in [5.41, 5.74) is -0.525. The van der Waals surface area contributed by atoms with Crippen LogP contribution in [0.4, 0.5) is 13.2 Å². The molecule has 0 N–H and O–H groups in total. The molecule has 2 aromatic rings. The minimum absolute atomic E-state index is 0.107. The first-order valence-electron chi connectivity index (χ1n) is 8.76. The number of nitrogens with zero attached hydrogens (tertiary/aromatic N) is 3. The van der Waals surface area contributed by atoms with Crippen LogP contribution in [0.25, 0.3) is 11.4 Å².